The first-order chi connectivity index (χ1) is 9.29. The van der Waals surface area contributed by atoms with Gasteiger partial charge in [-0.25, -0.2) is 4.98 Å². The fourth-order valence-electron chi connectivity index (χ4n) is 2.19. The van der Waals surface area contributed by atoms with Crippen molar-refractivity contribution in [1.82, 2.24) is 14.9 Å². The number of hydrogen-bond donors (Lipinski definition) is 1. The maximum absolute atomic E-state index is 4.38. The van der Waals surface area contributed by atoms with Crippen LogP contribution in [0.2, 0.25) is 0 Å². The molecule has 1 atom stereocenters. The van der Waals surface area contributed by atoms with Crippen LogP contribution in [0.3, 0.4) is 0 Å². The zero-order valence-electron chi connectivity index (χ0n) is 11.8. The molecule has 1 aromatic carbocycles. The summed E-state index contributed by atoms with van der Waals surface area (Å²) in [7, 11) is 0. The monoisotopic (exact) mass is 257 g/mol. The first-order valence-corrected chi connectivity index (χ1v) is 7.07. The maximum atomic E-state index is 4.38. The van der Waals surface area contributed by atoms with Gasteiger partial charge in [-0.3, -0.25) is 0 Å². The van der Waals surface area contributed by atoms with Crippen molar-refractivity contribution in [1.29, 1.82) is 0 Å². The lowest BCUT2D eigenvalue weighted by atomic mass is 10.1. The number of nitrogens with one attached hydrogen (secondary N) is 1. The van der Waals surface area contributed by atoms with Crippen molar-refractivity contribution in [2.75, 3.05) is 0 Å². The molecule has 0 aliphatic rings. The number of imidazole rings is 1. The van der Waals surface area contributed by atoms with E-state index in [2.05, 4.69) is 59.0 Å². The molecule has 19 heavy (non-hydrogen) atoms. The highest BCUT2D eigenvalue weighted by atomic mass is 15.1. The molecule has 3 heteroatoms. The molecule has 0 amide bonds. The van der Waals surface area contributed by atoms with Crippen molar-refractivity contribution >= 4 is 0 Å². The maximum Gasteiger partial charge on any atom is 0.122 e. The van der Waals surface area contributed by atoms with E-state index < -0.39 is 0 Å². The van der Waals surface area contributed by atoms with Crippen molar-refractivity contribution in [3.8, 4) is 0 Å². The molecule has 0 saturated heterocycles. The van der Waals surface area contributed by atoms with Gasteiger partial charge in [-0.1, -0.05) is 30.3 Å². The molecule has 1 heterocycles. The predicted molar refractivity (Wildman–Crippen MR) is 79.0 cm³/mol. The van der Waals surface area contributed by atoms with Gasteiger partial charge in [0.1, 0.15) is 5.82 Å². The molecule has 2 rings (SSSR count). The van der Waals surface area contributed by atoms with Crippen LogP contribution in [0.5, 0.6) is 0 Å². The Labute approximate surface area is 115 Å². The van der Waals surface area contributed by atoms with Gasteiger partial charge in [0.25, 0.3) is 0 Å². The van der Waals surface area contributed by atoms with E-state index in [1.165, 1.54) is 5.56 Å². The van der Waals surface area contributed by atoms with Gasteiger partial charge < -0.3 is 9.88 Å². The van der Waals surface area contributed by atoms with Gasteiger partial charge in [-0.05, 0) is 32.3 Å². The third kappa shape index (κ3) is 4.21. The van der Waals surface area contributed by atoms with Crippen LogP contribution in [0, 0.1) is 0 Å². The molecule has 0 aliphatic carbocycles. The first-order valence-electron chi connectivity index (χ1n) is 7.07. The molecule has 0 aliphatic heterocycles. The Morgan fingerprint density at radius 1 is 1.26 bits per heavy atom. The van der Waals surface area contributed by atoms with Gasteiger partial charge >= 0.3 is 0 Å². The van der Waals surface area contributed by atoms with E-state index >= 15 is 0 Å². The summed E-state index contributed by atoms with van der Waals surface area (Å²) in [4.78, 5) is 4.38. The van der Waals surface area contributed by atoms with Crippen molar-refractivity contribution < 1.29 is 0 Å². The van der Waals surface area contributed by atoms with Crippen LogP contribution in [-0.2, 0) is 19.5 Å². The van der Waals surface area contributed by atoms with Crippen LogP contribution in [0.15, 0.2) is 42.7 Å². The van der Waals surface area contributed by atoms with Crippen molar-refractivity contribution in [2.45, 2.75) is 45.8 Å². The minimum Gasteiger partial charge on any atom is -0.334 e. The summed E-state index contributed by atoms with van der Waals surface area (Å²) >= 11 is 0. The lowest BCUT2D eigenvalue weighted by molar-refractivity contribution is 0.494. The van der Waals surface area contributed by atoms with E-state index in [0.29, 0.717) is 6.04 Å². The van der Waals surface area contributed by atoms with E-state index in [-0.39, 0.29) is 0 Å². The Hall–Kier alpha value is -1.61. The van der Waals surface area contributed by atoms with Crippen molar-refractivity contribution in [3.05, 3.63) is 54.1 Å². The third-order valence-corrected chi connectivity index (χ3v) is 3.46. The highest BCUT2D eigenvalue weighted by molar-refractivity contribution is 5.14. The summed E-state index contributed by atoms with van der Waals surface area (Å²) in [5, 5.41) is 3.55. The molecule has 0 spiro atoms. The zero-order chi connectivity index (χ0) is 13.5. The quantitative estimate of drug-likeness (QED) is 0.826. The van der Waals surface area contributed by atoms with Gasteiger partial charge in [-0.15, -0.1) is 0 Å². The fraction of sp³-hybridized carbons (Fsp3) is 0.438. The van der Waals surface area contributed by atoms with E-state index in [0.717, 1.165) is 31.8 Å². The van der Waals surface area contributed by atoms with Crippen LogP contribution < -0.4 is 5.32 Å². The smallest absolute Gasteiger partial charge is 0.122 e. The first kappa shape index (κ1) is 13.8. The third-order valence-electron chi connectivity index (χ3n) is 3.46. The normalized spacial score (nSPS) is 12.5. The van der Waals surface area contributed by atoms with Gasteiger partial charge in [0, 0.05) is 25.0 Å². The van der Waals surface area contributed by atoms with Gasteiger partial charge in [-0.2, -0.15) is 0 Å². The summed E-state index contributed by atoms with van der Waals surface area (Å²) in [6.07, 6.45) is 6.18. The summed E-state index contributed by atoms with van der Waals surface area (Å²) < 4.78 is 2.18. The van der Waals surface area contributed by atoms with E-state index in [4.69, 9.17) is 0 Å². The average molecular weight is 257 g/mol. The van der Waals surface area contributed by atoms with Gasteiger partial charge in [0.15, 0.2) is 0 Å². The summed E-state index contributed by atoms with van der Waals surface area (Å²) in [6, 6.07) is 11.2. The molecular formula is C16H23N3. The SMILES string of the molecule is CCn1ccnc1CNC(C)CCc1ccccc1. The molecule has 0 saturated carbocycles. The second kappa shape index (κ2) is 7.10. The van der Waals surface area contributed by atoms with Crippen molar-refractivity contribution in [2.24, 2.45) is 0 Å². The summed E-state index contributed by atoms with van der Waals surface area (Å²) in [5.41, 5.74) is 1.41. The largest absolute Gasteiger partial charge is 0.334 e. The summed E-state index contributed by atoms with van der Waals surface area (Å²) in [6.45, 7) is 6.21. The van der Waals surface area contributed by atoms with Crippen LogP contribution in [0.4, 0.5) is 0 Å². The highest BCUT2D eigenvalue weighted by Crippen LogP contribution is 2.05. The minimum atomic E-state index is 0.502. The van der Waals surface area contributed by atoms with E-state index in [1.807, 2.05) is 12.4 Å². The molecule has 0 radical (unpaired) electrons. The number of hydrogen-bond acceptors (Lipinski definition) is 2. The second-order valence-electron chi connectivity index (χ2n) is 4.94. The molecule has 0 bridgehead atoms. The van der Waals surface area contributed by atoms with Crippen LogP contribution in [-0.4, -0.2) is 15.6 Å². The Morgan fingerprint density at radius 3 is 2.79 bits per heavy atom. The topological polar surface area (TPSA) is 29.9 Å². The number of rotatable bonds is 7. The molecule has 1 N–H and O–H groups in total. The van der Waals surface area contributed by atoms with Crippen LogP contribution in [0.1, 0.15) is 31.7 Å². The van der Waals surface area contributed by atoms with Gasteiger partial charge in [0.2, 0.25) is 0 Å². The van der Waals surface area contributed by atoms with Crippen LogP contribution in [0.25, 0.3) is 0 Å². The van der Waals surface area contributed by atoms with Crippen LogP contribution >= 0.6 is 0 Å². The van der Waals surface area contributed by atoms with E-state index in [9.17, 15) is 0 Å². The molecule has 2 aromatic rings. The fourth-order valence-corrected chi connectivity index (χ4v) is 2.19. The number of benzene rings is 1. The highest BCUT2D eigenvalue weighted by Gasteiger charge is 2.05. The number of aryl methyl sites for hydroxylation is 2. The Balaban J connectivity index is 1.74. The Kier molecular flexibility index (Phi) is 5.16. The standard InChI is InChI=1S/C16H23N3/c1-3-19-12-11-17-16(19)13-18-14(2)9-10-15-7-5-4-6-8-15/h4-8,11-12,14,18H,3,9-10,13H2,1-2H3. The minimum absolute atomic E-state index is 0.502. The molecule has 0 fully saturated rings. The average Bonchev–Trinajstić information content (AvgIpc) is 2.91. The predicted octanol–water partition coefficient (Wildman–Crippen LogP) is 3.01. The molecule has 1 unspecified atom stereocenters. The zero-order valence-corrected chi connectivity index (χ0v) is 11.8. The lowest BCUT2D eigenvalue weighted by Gasteiger charge is -2.14. The Bertz CT molecular complexity index is 476. The van der Waals surface area contributed by atoms with Crippen molar-refractivity contribution in [3.63, 3.8) is 0 Å². The van der Waals surface area contributed by atoms with Gasteiger partial charge in [0.05, 0.1) is 6.54 Å². The Morgan fingerprint density at radius 2 is 2.05 bits per heavy atom. The summed E-state index contributed by atoms with van der Waals surface area (Å²) in [5.74, 6) is 1.12. The molecular weight excluding hydrogens is 234 g/mol. The molecule has 3 nitrogen and oxygen atoms in total. The second-order valence-corrected chi connectivity index (χ2v) is 4.94. The molecule has 1 aromatic heterocycles. The lowest BCUT2D eigenvalue weighted by Crippen LogP contribution is -2.27. The number of aromatic nitrogens is 2. The van der Waals surface area contributed by atoms with E-state index in [1.54, 1.807) is 0 Å². The number of nitrogens with zero attached hydrogens (tertiary/aromatic N) is 2. The molecule has 102 valence electrons.